The first-order chi connectivity index (χ1) is 14.2. The lowest BCUT2D eigenvalue weighted by molar-refractivity contribution is 0.235. The van der Waals surface area contributed by atoms with Crippen LogP contribution in [0.2, 0.25) is 6.82 Å². The van der Waals surface area contributed by atoms with E-state index in [2.05, 4.69) is 47.3 Å². The van der Waals surface area contributed by atoms with Crippen molar-refractivity contribution in [3.8, 4) is 0 Å². The third kappa shape index (κ3) is 4.17. The van der Waals surface area contributed by atoms with E-state index in [0.717, 1.165) is 37.2 Å². The molecule has 4 rings (SSSR count). The second kappa shape index (κ2) is 8.97. The number of aromatic nitrogens is 1. The summed E-state index contributed by atoms with van der Waals surface area (Å²) in [5.74, 6) is 0.760. The highest BCUT2D eigenvalue weighted by molar-refractivity contribution is 6.45. The summed E-state index contributed by atoms with van der Waals surface area (Å²) in [5.41, 5.74) is 6.08. The maximum absolute atomic E-state index is 9.96. The van der Waals surface area contributed by atoms with Crippen LogP contribution in [0.1, 0.15) is 48.1 Å². The molecular weight excluding hydrogens is 359 g/mol. The number of piperidine rings is 1. The van der Waals surface area contributed by atoms with Crippen LogP contribution in [0.15, 0.2) is 54.9 Å². The molecule has 1 atom stereocenters. The second-order valence-electron chi connectivity index (χ2n) is 7.91. The van der Waals surface area contributed by atoms with Crippen LogP contribution in [-0.2, 0) is 4.74 Å². The van der Waals surface area contributed by atoms with Gasteiger partial charge in [0.05, 0.1) is 18.6 Å². The van der Waals surface area contributed by atoms with Crippen LogP contribution in [0.4, 0.5) is 0 Å². The summed E-state index contributed by atoms with van der Waals surface area (Å²) < 4.78 is 5.49. The van der Waals surface area contributed by atoms with E-state index in [1.807, 2.05) is 26.0 Å². The Morgan fingerprint density at radius 2 is 2.00 bits per heavy atom. The lowest BCUT2D eigenvalue weighted by Crippen LogP contribution is -2.44. The molecule has 5 heteroatoms. The van der Waals surface area contributed by atoms with Gasteiger partial charge in [0, 0.05) is 17.7 Å². The standard InChI is InChI=1S/C24H29BN2O2/c1-3-29-16-12-20-17-19-7-4-5-8-21(19)23(24-22(20)9-6-13-26-24)18-10-14-27(15-11-18)25(2)28/h4-9,12-13,16-18,23,28H,3,10-11,14-15H2,1-2H3. The van der Waals surface area contributed by atoms with Crippen LogP contribution in [-0.4, -0.2) is 41.6 Å². The van der Waals surface area contributed by atoms with Crippen molar-refractivity contribution >= 4 is 18.7 Å². The molecule has 150 valence electrons. The van der Waals surface area contributed by atoms with E-state index in [9.17, 15) is 5.02 Å². The van der Waals surface area contributed by atoms with Crippen molar-refractivity contribution in [1.29, 1.82) is 0 Å². The Bertz CT molecular complexity index is 901. The van der Waals surface area contributed by atoms with E-state index in [1.54, 1.807) is 6.26 Å². The first-order valence-corrected chi connectivity index (χ1v) is 10.6. The van der Waals surface area contributed by atoms with Crippen molar-refractivity contribution in [3.63, 3.8) is 0 Å². The lowest BCUT2D eigenvalue weighted by Gasteiger charge is -2.37. The highest BCUT2D eigenvalue weighted by Crippen LogP contribution is 2.44. The molecule has 1 unspecified atom stereocenters. The van der Waals surface area contributed by atoms with Crippen LogP contribution >= 0.6 is 0 Å². The van der Waals surface area contributed by atoms with Gasteiger partial charge in [0.25, 0.3) is 0 Å². The Balaban J connectivity index is 1.77. The first-order valence-electron chi connectivity index (χ1n) is 10.6. The van der Waals surface area contributed by atoms with Crippen molar-refractivity contribution in [2.45, 2.75) is 32.5 Å². The number of hydrogen-bond acceptors (Lipinski definition) is 4. The second-order valence-corrected chi connectivity index (χ2v) is 7.91. The van der Waals surface area contributed by atoms with E-state index in [-0.39, 0.29) is 13.0 Å². The van der Waals surface area contributed by atoms with Gasteiger partial charge in [0.15, 0.2) is 0 Å². The summed E-state index contributed by atoms with van der Waals surface area (Å²) in [7, 11) is -0.375. The van der Waals surface area contributed by atoms with Crippen LogP contribution < -0.4 is 0 Å². The van der Waals surface area contributed by atoms with Gasteiger partial charge in [-0.3, -0.25) is 4.98 Å². The van der Waals surface area contributed by atoms with Crippen molar-refractivity contribution < 1.29 is 9.76 Å². The third-order valence-corrected chi connectivity index (χ3v) is 6.17. The summed E-state index contributed by atoms with van der Waals surface area (Å²) in [4.78, 5) is 7.05. The van der Waals surface area contributed by atoms with Crippen LogP contribution in [0.5, 0.6) is 0 Å². The number of pyridine rings is 1. The van der Waals surface area contributed by atoms with Crippen LogP contribution in [0, 0.1) is 5.92 Å². The fourth-order valence-electron chi connectivity index (χ4n) is 4.69. The molecule has 2 heterocycles. The largest absolute Gasteiger partial charge is 0.501 e. The number of fused-ring (bicyclic) bond motifs is 2. The summed E-state index contributed by atoms with van der Waals surface area (Å²) in [6.07, 6.45) is 10.1. The molecule has 0 bridgehead atoms. The molecule has 1 aromatic carbocycles. The number of allylic oxidation sites excluding steroid dienone is 2. The molecule has 2 aromatic rings. The maximum atomic E-state index is 9.96. The molecule has 1 aromatic heterocycles. The number of hydrogen-bond donors (Lipinski definition) is 1. The molecule has 0 radical (unpaired) electrons. The predicted octanol–water partition coefficient (Wildman–Crippen LogP) is 4.44. The average Bonchev–Trinajstić information content (AvgIpc) is 2.88. The molecule has 0 amide bonds. The molecule has 29 heavy (non-hydrogen) atoms. The van der Waals surface area contributed by atoms with Gasteiger partial charge in [-0.05, 0) is 80.5 Å². The highest BCUT2D eigenvalue weighted by Gasteiger charge is 2.35. The minimum atomic E-state index is -0.375. The lowest BCUT2D eigenvalue weighted by atomic mass is 9.73. The van der Waals surface area contributed by atoms with Crippen molar-refractivity contribution in [2.75, 3.05) is 19.7 Å². The SMILES string of the molecule is CCOC=CC1=Cc2ccccc2C(C2CCN(B(C)O)CC2)c2ncccc21. The Kier molecular flexibility index (Phi) is 6.17. The van der Waals surface area contributed by atoms with Crippen LogP contribution in [0.25, 0.3) is 11.6 Å². The van der Waals surface area contributed by atoms with E-state index >= 15 is 0 Å². The van der Waals surface area contributed by atoms with Crippen molar-refractivity contribution in [1.82, 2.24) is 9.79 Å². The Labute approximate surface area is 174 Å². The maximum Gasteiger partial charge on any atom is 0.376 e. The fourth-order valence-corrected chi connectivity index (χ4v) is 4.69. The van der Waals surface area contributed by atoms with Crippen molar-refractivity contribution in [2.24, 2.45) is 5.92 Å². The summed E-state index contributed by atoms with van der Waals surface area (Å²) in [5, 5.41) is 9.96. The minimum Gasteiger partial charge on any atom is -0.501 e. The summed E-state index contributed by atoms with van der Waals surface area (Å²) in [6, 6.07) is 12.9. The van der Waals surface area contributed by atoms with Gasteiger partial charge in [-0.25, -0.2) is 0 Å². The smallest absolute Gasteiger partial charge is 0.376 e. The highest BCUT2D eigenvalue weighted by atomic mass is 16.5. The zero-order valence-corrected chi connectivity index (χ0v) is 17.3. The topological polar surface area (TPSA) is 45.6 Å². The fraction of sp³-hybridized carbons (Fsp3) is 0.375. The molecule has 1 aliphatic carbocycles. The molecule has 1 N–H and O–H groups in total. The third-order valence-electron chi connectivity index (χ3n) is 6.17. The van der Waals surface area contributed by atoms with Gasteiger partial charge < -0.3 is 14.6 Å². The molecule has 1 aliphatic heterocycles. The van der Waals surface area contributed by atoms with Gasteiger partial charge >= 0.3 is 7.05 Å². The molecule has 4 nitrogen and oxygen atoms in total. The zero-order valence-electron chi connectivity index (χ0n) is 17.3. The quantitative estimate of drug-likeness (QED) is 0.608. The number of benzene rings is 1. The summed E-state index contributed by atoms with van der Waals surface area (Å²) >= 11 is 0. The molecule has 2 aliphatic rings. The molecule has 0 saturated carbocycles. The van der Waals surface area contributed by atoms with Gasteiger partial charge in [-0.2, -0.15) is 0 Å². The zero-order chi connectivity index (χ0) is 20.2. The Hall–Kier alpha value is -2.37. The number of ether oxygens (including phenoxy) is 1. The first kappa shape index (κ1) is 19.9. The number of nitrogens with zero attached hydrogens (tertiary/aromatic N) is 2. The predicted molar refractivity (Wildman–Crippen MR) is 119 cm³/mol. The molecule has 0 spiro atoms. The Morgan fingerprint density at radius 1 is 1.21 bits per heavy atom. The molecular formula is C24H29BN2O2. The van der Waals surface area contributed by atoms with Gasteiger partial charge in [0.1, 0.15) is 0 Å². The molecule has 1 saturated heterocycles. The normalized spacial score (nSPS) is 20.0. The van der Waals surface area contributed by atoms with Gasteiger partial charge in [-0.15, -0.1) is 0 Å². The number of rotatable bonds is 5. The minimum absolute atomic E-state index is 0.257. The van der Waals surface area contributed by atoms with Gasteiger partial charge in [-0.1, -0.05) is 30.3 Å². The van der Waals surface area contributed by atoms with E-state index in [0.29, 0.717) is 12.5 Å². The average molecular weight is 388 g/mol. The monoisotopic (exact) mass is 388 g/mol. The van der Waals surface area contributed by atoms with E-state index < -0.39 is 0 Å². The summed E-state index contributed by atoms with van der Waals surface area (Å²) in [6.45, 7) is 6.36. The Morgan fingerprint density at radius 3 is 2.76 bits per heavy atom. The van der Waals surface area contributed by atoms with Crippen LogP contribution in [0.3, 0.4) is 0 Å². The van der Waals surface area contributed by atoms with Crippen molar-refractivity contribution in [3.05, 3.63) is 77.3 Å². The van der Waals surface area contributed by atoms with E-state index in [1.165, 1.54) is 16.7 Å². The van der Waals surface area contributed by atoms with E-state index in [4.69, 9.17) is 9.72 Å². The molecule has 1 fully saturated rings. The van der Waals surface area contributed by atoms with Gasteiger partial charge in [0.2, 0.25) is 0 Å².